The third kappa shape index (κ3) is 4.25. The molecule has 0 aromatic heterocycles. The number of nitrogens with one attached hydrogen (secondary N) is 1. The molecule has 1 atom stereocenters. The lowest BCUT2D eigenvalue weighted by Gasteiger charge is -2.14. The van der Waals surface area contributed by atoms with Crippen LogP contribution in [0.3, 0.4) is 0 Å². The second-order valence-electron chi connectivity index (χ2n) is 4.21. The summed E-state index contributed by atoms with van der Waals surface area (Å²) in [6.07, 6.45) is -0.602. The van der Waals surface area contributed by atoms with E-state index in [1.54, 1.807) is 31.2 Å². The summed E-state index contributed by atoms with van der Waals surface area (Å²) >= 11 is 9.15. The van der Waals surface area contributed by atoms with Gasteiger partial charge >= 0.3 is 0 Å². The van der Waals surface area contributed by atoms with Gasteiger partial charge < -0.3 is 10.1 Å². The average molecular weight is 355 g/mol. The number of rotatable bonds is 4. The zero-order valence-electron chi connectivity index (χ0n) is 10.8. The Morgan fingerprint density at radius 3 is 2.60 bits per heavy atom. The van der Waals surface area contributed by atoms with Crippen molar-refractivity contribution in [2.45, 2.75) is 13.0 Å². The molecule has 0 aliphatic heterocycles. The SMILES string of the molecule is C[C@H](Oc1ccc(Cl)cc1)C(=O)Nc1cccc(Br)c1. The molecular weight excluding hydrogens is 342 g/mol. The van der Waals surface area contributed by atoms with Crippen LogP contribution >= 0.6 is 27.5 Å². The third-order valence-corrected chi connectivity index (χ3v) is 3.33. The van der Waals surface area contributed by atoms with Gasteiger partial charge in [0.2, 0.25) is 0 Å². The fourth-order valence-electron chi connectivity index (χ4n) is 1.58. The number of amides is 1. The lowest BCUT2D eigenvalue weighted by atomic mass is 10.3. The van der Waals surface area contributed by atoms with Gasteiger partial charge in [-0.15, -0.1) is 0 Å². The summed E-state index contributed by atoms with van der Waals surface area (Å²) in [5.74, 6) is 0.393. The van der Waals surface area contributed by atoms with Gasteiger partial charge in [0.25, 0.3) is 5.91 Å². The van der Waals surface area contributed by atoms with E-state index in [1.165, 1.54) is 0 Å². The highest BCUT2D eigenvalue weighted by molar-refractivity contribution is 9.10. The molecule has 1 N–H and O–H groups in total. The largest absolute Gasteiger partial charge is 0.481 e. The van der Waals surface area contributed by atoms with E-state index in [9.17, 15) is 4.79 Å². The van der Waals surface area contributed by atoms with E-state index >= 15 is 0 Å². The first-order valence-corrected chi connectivity index (χ1v) is 7.20. The summed E-state index contributed by atoms with van der Waals surface area (Å²) in [7, 11) is 0. The van der Waals surface area contributed by atoms with Gasteiger partial charge in [-0.2, -0.15) is 0 Å². The predicted octanol–water partition coefficient (Wildman–Crippen LogP) is 4.51. The topological polar surface area (TPSA) is 38.3 Å². The molecule has 0 aliphatic rings. The first-order chi connectivity index (χ1) is 9.54. The van der Waals surface area contributed by atoms with Crippen molar-refractivity contribution < 1.29 is 9.53 Å². The first kappa shape index (κ1) is 14.9. The van der Waals surface area contributed by atoms with Crippen molar-refractivity contribution in [3.8, 4) is 5.75 Å². The van der Waals surface area contributed by atoms with Crippen molar-refractivity contribution in [2.75, 3.05) is 5.32 Å². The van der Waals surface area contributed by atoms with E-state index in [2.05, 4.69) is 21.2 Å². The van der Waals surface area contributed by atoms with Crippen LogP contribution in [0, 0.1) is 0 Å². The molecule has 0 heterocycles. The van der Waals surface area contributed by atoms with Gasteiger partial charge in [0.05, 0.1) is 0 Å². The lowest BCUT2D eigenvalue weighted by molar-refractivity contribution is -0.122. The molecule has 0 saturated heterocycles. The molecule has 3 nitrogen and oxygen atoms in total. The minimum atomic E-state index is -0.602. The number of carbonyl (C=O) groups excluding carboxylic acids is 1. The number of ether oxygens (including phenoxy) is 1. The standard InChI is InChI=1S/C15H13BrClNO2/c1-10(20-14-7-5-12(17)6-8-14)15(19)18-13-4-2-3-11(16)9-13/h2-10H,1H3,(H,18,19)/t10-/m0/s1. The quantitative estimate of drug-likeness (QED) is 0.877. The molecule has 20 heavy (non-hydrogen) atoms. The highest BCUT2D eigenvalue weighted by Crippen LogP contribution is 2.18. The highest BCUT2D eigenvalue weighted by atomic mass is 79.9. The summed E-state index contributed by atoms with van der Waals surface area (Å²) in [6.45, 7) is 1.70. The minimum absolute atomic E-state index is 0.210. The Morgan fingerprint density at radius 1 is 1.25 bits per heavy atom. The molecule has 0 spiro atoms. The number of hydrogen-bond donors (Lipinski definition) is 1. The molecule has 0 bridgehead atoms. The fourth-order valence-corrected chi connectivity index (χ4v) is 2.11. The number of benzene rings is 2. The second kappa shape index (κ2) is 6.77. The summed E-state index contributed by atoms with van der Waals surface area (Å²) in [6, 6.07) is 14.3. The fraction of sp³-hybridized carbons (Fsp3) is 0.133. The maximum atomic E-state index is 12.0. The van der Waals surface area contributed by atoms with Crippen LogP contribution in [0.25, 0.3) is 0 Å². The van der Waals surface area contributed by atoms with E-state index < -0.39 is 6.10 Å². The van der Waals surface area contributed by atoms with E-state index in [4.69, 9.17) is 16.3 Å². The molecule has 0 unspecified atom stereocenters. The summed E-state index contributed by atoms with van der Waals surface area (Å²) in [5, 5.41) is 3.42. The normalized spacial score (nSPS) is 11.8. The van der Waals surface area contributed by atoms with Crippen molar-refractivity contribution in [1.82, 2.24) is 0 Å². The zero-order valence-corrected chi connectivity index (χ0v) is 13.1. The van der Waals surface area contributed by atoms with Crippen LogP contribution in [0.4, 0.5) is 5.69 Å². The van der Waals surface area contributed by atoms with Crippen molar-refractivity contribution in [3.63, 3.8) is 0 Å². The minimum Gasteiger partial charge on any atom is -0.481 e. The number of anilines is 1. The Bertz CT molecular complexity index is 601. The van der Waals surface area contributed by atoms with Crippen molar-refractivity contribution in [3.05, 3.63) is 58.0 Å². The summed E-state index contributed by atoms with van der Waals surface area (Å²) in [5.41, 5.74) is 0.718. The Hall–Kier alpha value is -1.52. The molecule has 0 aliphatic carbocycles. The molecule has 104 valence electrons. The van der Waals surface area contributed by atoms with Gasteiger partial charge in [-0.3, -0.25) is 4.79 Å². The Kier molecular flexibility index (Phi) is 5.04. The zero-order chi connectivity index (χ0) is 14.5. The van der Waals surface area contributed by atoms with Gasteiger partial charge in [0.1, 0.15) is 5.75 Å². The monoisotopic (exact) mass is 353 g/mol. The van der Waals surface area contributed by atoms with Gasteiger partial charge in [0.15, 0.2) is 6.10 Å². The molecule has 0 radical (unpaired) electrons. The van der Waals surface area contributed by atoms with Crippen molar-refractivity contribution in [1.29, 1.82) is 0 Å². The van der Waals surface area contributed by atoms with Crippen LogP contribution in [0.5, 0.6) is 5.75 Å². The Morgan fingerprint density at radius 2 is 1.95 bits per heavy atom. The molecule has 0 fully saturated rings. The molecule has 2 aromatic rings. The van der Waals surface area contributed by atoms with E-state index in [0.717, 1.165) is 10.2 Å². The molecule has 5 heteroatoms. The van der Waals surface area contributed by atoms with Crippen LogP contribution in [0.15, 0.2) is 53.0 Å². The van der Waals surface area contributed by atoms with Crippen LogP contribution in [-0.4, -0.2) is 12.0 Å². The number of halogens is 2. The Labute approximate surface area is 131 Å². The van der Waals surface area contributed by atoms with E-state index in [1.807, 2.05) is 24.3 Å². The predicted molar refractivity (Wildman–Crippen MR) is 84.3 cm³/mol. The molecule has 1 amide bonds. The second-order valence-corrected chi connectivity index (χ2v) is 5.57. The van der Waals surface area contributed by atoms with E-state index in [0.29, 0.717) is 10.8 Å². The van der Waals surface area contributed by atoms with Crippen molar-refractivity contribution in [2.24, 2.45) is 0 Å². The molecule has 0 saturated carbocycles. The Balaban J connectivity index is 1.96. The van der Waals surface area contributed by atoms with Gasteiger partial charge in [0, 0.05) is 15.2 Å². The average Bonchev–Trinajstić information content (AvgIpc) is 2.41. The molecule has 2 rings (SSSR count). The highest BCUT2D eigenvalue weighted by Gasteiger charge is 2.14. The lowest BCUT2D eigenvalue weighted by Crippen LogP contribution is -2.30. The maximum absolute atomic E-state index is 12.0. The smallest absolute Gasteiger partial charge is 0.265 e. The van der Waals surface area contributed by atoms with E-state index in [-0.39, 0.29) is 5.91 Å². The van der Waals surface area contributed by atoms with Crippen LogP contribution in [0.1, 0.15) is 6.92 Å². The van der Waals surface area contributed by atoms with Gasteiger partial charge in [-0.25, -0.2) is 0 Å². The number of hydrogen-bond acceptors (Lipinski definition) is 2. The van der Waals surface area contributed by atoms with Gasteiger partial charge in [-0.1, -0.05) is 33.6 Å². The van der Waals surface area contributed by atoms with Crippen molar-refractivity contribution >= 4 is 39.1 Å². The summed E-state index contributed by atoms with van der Waals surface area (Å²) < 4.78 is 6.46. The molecular formula is C15H13BrClNO2. The van der Waals surface area contributed by atoms with Crippen LogP contribution in [-0.2, 0) is 4.79 Å². The first-order valence-electron chi connectivity index (χ1n) is 6.03. The number of carbonyl (C=O) groups is 1. The van der Waals surface area contributed by atoms with Gasteiger partial charge in [-0.05, 0) is 49.4 Å². The summed E-state index contributed by atoms with van der Waals surface area (Å²) in [4.78, 5) is 12.0. The third-order valence-electron chi connectivity index (χ3n) is 2.59. The molecule has 2 aromatic carbocycles. The van der Waals surface area contributed by atoms with Crippen LogP contribution in [0.2, 0.25) is 5.02 Å². The maximum Gasteiger partial charge on any atom is 0.265 e. The van der Waals surface area contributed by atoms with Crippen LogP contribution < -0.4 is 10.1 Å².